The van der Waals surface area contributed by atoms with E-state index in [-0.39, 0.29) is 0 Å². The van der Waals surface area contributed by atoms with E-state index in [0.29, 0.717) is 0 Å². The Morgan fingerprint density at radius 2 is 1.15 bits per heavy atom. The summed E-state index contributed by atoms with van der Waals surface area (Å²) >= 11 is 7.86. The first-order valence-electron chi connectivity index (χ1n) is 8.98. The van der Waals surface area contributed by atoms with Crippen LogP contribution in [0.25, 0.3) is 0 Å². The largest absolute Gasteiger partial charge is 0.358 e. The molecule has 0 aromatic heterocycles. The maximum atomic E-state index is 3.55. The molecule has 0 aromatic rings. The van der Waals surface area contributed by atoms with Gasteiger partial charge in [0.25, 0.3) is 0 Å². The van der Waals surface area contributed by atoms with Crippen LogP contribution in [0.1, 0.15) is 12.8 Å². The summed E-state index contributed by atoms with van der Waals surface area (Å²) in [7, 11) is 0. The molecule has 3 rings (SSSR count). The number of thioether (sulfide) groups is 4. The van der Waals surface area contributed by atoms with Crippen LogP contribution in [0.5, 0.6) is 0 Å². The second-order valence-electron chi connectivity index (χ2n) is 6.05. The summed E-state index contributed by atoms with van der Waals surface area (Å²) in [5.74, 6) is 6.89. The molecule has 0 spiro atoms. The molecule has 0 radical (unpaired) electrons. The molecule has 2 nitrogen and oxygen atoms in total. The fraction of sp³-hybridized carbons (Fsp3) is 0.400. The number of allylic oxidation sites excluding steroid dienone is 6. The minimum Gasteiger partial charge on any atom is -0.358 e. The maximum Gasteiger partial charge on any atom is 0.0446 e. The molecule has 0 atom stereocenters. The average molecular weight is 423 g/mol. The van der Waals surface area contributed by atoms with Crippen molar-refractivity contribution in [2.75, 3.05) is 34.5 Å². The van der Waals surface area contributed by atoms with E-state index in [4.69, 9.17) is 0 Å². The predicted molar refractivity (Wildman–Crippen MR) is 126 cm³/mol. The van der Waals surface area contributed by atoms with Gasteiger partial charge in [-0.25, -0.2) is 0 Å². The molecule has 3 aliphatic rings. The van der Waals surface area contributed by atoms with Crippen molar-refractivity contribution in [2.24, 2.45) is 0 Å². The third-order valence-corrected chi connectivity index (χ3v) is 7.87. The van der Waals surface area contributed by atoms with Crippen LogP contribution in [0, 0.1) is 0 Å². The molecule has 0 unspecified atom stereocenters. The lowest BCUT2D eigenvalue weighted by atomic mass is 10.3. The summed E-state index contributed by atoms with van der Waals surface area (Å²) in [6, 6.07) is 0. The zero-order valence-electron chi connectivity index (χ0n) is 14.9. The topological polar surface area (TPSA) is 24.1 Å². The van der Waals surface area contributed by atoms with E-state index < -0.39 is 0 Å². The van der Waals surface area contributed by atoms with E-state index in [1.165, 1.54) is 58.6 Å². The highest BCUT2D eigenvalue weighted by Gasteiger charge is 2.05. The quantitative estimate of drug-likeness (QED) is 0.536. The smallest absolute Gasteiger partial charge is 0.0446 e. The standard InChI is InChI=1S/C20H26N2S4/c1-5-17-13-23-9-3-11-25-15-19-7-2-8-20(22-19)16-26-12-4-10-24-14-18(6-1)21-17/h1-2,5-8,13,16,21-22H,3-4,9-12,14-15H2/b17-13-,20-16?. The van der Waals surface area contributed by atoms with E-state index in [1.807, 2.05) is 47.0 Å². The van der Waals surface area contributed by atoms with Gasteiger partial charge in [0.2, 0.25) is 0 Å². The van der Waals surface area contributed by atoms with Crippen molar-refractivity contribution in [3.63, 3.8) is 0 Å². The highest BCUT2D eigenvalue weighted by molar-refractivity contribution is 8.02. The molecular weight excluding hydrogens is 397 g/mol. The normalized spacial score (nSPS) is 24.8. The van der Waals surface area contributed by atoms with Gasteiger partial charge in [0.1, 0.15) is 0 Å². The summed E-state index contributed by atoms with van der Waals surface area (Å²) in [6.07, 6.45) is 15.5. The van der Waals surface area contributed by atoms with Crippen molar-refractivity contribution >= 4 is 47.0 Å². The van der Waals surface area contributed by atoms with Crippen LogP contribution in [-0.2, 0) is 0 Å². The Bertz CT molecular complexity index is 588. The van der Waals surface area contributed by atoms with E-state index in [0.717, 1.165) is 11.5 Å². The molecule has 6 heteroatoms. The first-order chi connectivity index (χ1) is 12.9. The average Bonchev–Trinajstić information content (AvgIpc) is 2.66. The van der Waals surface area contributed by atoms with Crippen LogP contribution < -0.4 is 10.6 Å². The third-order valence-electron chi connectivity index (χ3n) is 3.79. The molecule has 4 bridgehead atoms. The minimum absolute atomic E-state index is 1.06. The zero-order valence-corrected chi connectivity index (χ0v) is 18.2. The monoisotopic (exact) mass is 422 g/mol. The lowest BCUT2D eigenvalue weighted by Gasteiger charge is -2.16. The van der Waals surface area contributed by atoms with Crippen molar-refractivity contribution in [1.29, 1.82) is 0 Å². The molecule has 0 aliphatic carbocycles. The molecule has 0 saturated heterocycles. The Morgan fingerprint density at radius 3 is 1.65 bits per heavy atom. The van der Waals surface area contributed by atoms with Crippen molar-refractivity contribution in [1.82, 2.24) is 10.6 Å². The van der Waals surface area contributed by atoms with Crippen molar-refractivity contribution in [3.05, 3.63) is 70.1 Å². The van der Waals surface area contributed by atoms with Crippen LogP contribution in [0.3, 0.4) is 0 Å². The first kappa shape index (κ1) is 20.2. The number of hydrogen-bond donors (Lipinski definition) is 2. The maximum absolute atomic E-state index is 3.55. The van der Waals surface area contributed by atoms with Crippen LogP contribution in [0.15, 0.2) is 70.1 Å². The predicted octanol–water partition coefficient (Wildman–Crippen LogP) is 5.48. The molecule has 3 aliphatic heterocycles. The summed E-state index contributed by atoms with van der Waals surface area (Å²) in [5.41, 5.74) is 5.10. The van der Waals surface area contributed by atoms with Gasteiger partial charge in [0, 0.05) is 34.3 Å². The van der Waals surface area contributed by atoms with Crippen molar-refractivity contribution in [3.8, 4) is 0 Å². The van der Waals surface area contributed by atoms with Gasteiger partial charge in [-0.15, -0.1) is 23.5 Å². The Morgan fingerprint density at radius 1 is 0.654 bits per heavy atom. The third kappa shape index (κ3) is 7.59. The van der Waals surface area contributed by atoms with Crippen LogP contribution in [0.4, 0.5) is 0 Å². The summed E-state index contributed by atoms with van der Waals surface area (Å²) in [6.45, 7) is 0. The molecule has 0 amide bonds. The molecule has 0 fully saturated rings. The molecule has 3 heterocycles. The fourth-order valence-corrected chi connectivity index (χ4v) is 6.15. The minimum atomic E-state index is 1.06. The summed E-state index contributed by atoms with van der Waals surface area (Å²) in [5, 5.41) is 11.6. The fourth-order valence-electron chi connectivity index (χ4n) is 2.53. The first-order valence-corrected chi connectivity index (χ1v) is 13.4. The Kier molecular flexibility index (Phi) is 9.32. The lowest BCUT2D eigenvalue weighted by molar-refractivity contribution is 0.996. The molecule has 0 aromatic carbocycles. The van der Waals surface area contributed by atoms with Crippen molar-refractivity contribution < 1.29 is 0 Å². The number of dihydropyridines is 2. The van der Waals surface area contributed by atoms with Crippen molar-refractivity contribution in [2.45, 2.75) is 12.8 Å². The number of nitrogens with one attached hydrogen (secondary N) is 2. The molecule has 26 heavy (non-hydrogen) atoms. The van der Waals surface area contributed by atoms with Gasteiger partial charge in [-0.2, -0.15) is 23.5 Å². The summed E-state index contributed by atoms with van der Waals surface area (Å²) < 4.78 is 0. The number of fused-ring (bicyclic) bond motifs is 4. The lowest BCUT2D eigenvalue weighted by Crippen LogP contribution is -2.16. The summed E-state index contributed by atoms with van der Waals surface area (Å²) in [4.78, 5) is 0. The Balaban J connectivity index is 1.52. The highest BCUT2D eigenvalue weighted by Crippen LogP contribution is 2.20. The van der Waals surface area contributed by atoms with Gasteiger partial charge in [-0.1, -0.05) is 12.2 Å². The van der Waals surface area contributed by atoms with Gasteiger partial charge in [0.15, 0.2) is 0 Å². The zero-order chi connectivity index (χ0) is 17.9. The molecule has 2 N–H and O–H groups in total. The van der Waals surface area contributed by atoms with E-state index in [9.17, 15) is 0 Å². The SMILES string of the molecule is C1=CC2=CSCCCSCC3=CC=C/C(=C/SCCCSCC(=C1)N2)N3. The van der Waals surface area contributed by atoms with Crippen LogP contribution in [-0.4, -0.2) is 34.5 Å². The number of rotatable bonds is 0. The van der Waals surface area contributed by atoms with Gasteiger partial charge < -0.3 is 10.6 Å². The van der Waals surface area contributed by atoms with Gasteiger partial charge >= 0.3 is 0 Å². The number of hydrogen-bond acceptors (Lipinski definition) is 6. The second-order valence-corrected chi connectivity index (χ2v) is 10.2. The molecule has 0 saturated carbocycles. The van der Waals surface area contributed by atoms with E-state index >= 15 is 0 Å². The van der Waals surface area contributed by atoms with Gasteiger partial charge in [0.05, 0.1) is 0 Å². The Hall–Kier alpha value is -0.560. The molecular formula is C20H26N2S4. The Labute approximate surface area is 174 Å². The second kappa shape index (κ2) is 12.0. The van der Waals surface area contributed by atoms with E-state index in [1.54, 1.807) is 0 Å². The molecule has 140 valence electrons. The van der Waals surface area contributed by atoms with Crippen LogP contribution in [0.2, 0.25) is 0 Å². The van der Waals surface area contributed by atoms with Gasteiger partial charge in [-0.05, 0) is 71.0 Å². The highest BCUT2D eigenvalue weighted by atomic mass is 32.2. The van der Waals surface area contributed by atoms with Gasteiger partial charge in [-0.3, -0.25) is 0 Å². The van der Waals surface area contributed by atoms with Crippen LogP contribution >= 0.6 is 47.0 Å². The van der Waals surface area contributed by atoms with E-state index in [2.05, 4.69) is 57.9 Å².